The summed E-state index contributed by atoms with van der Waals surface area (Å²) in [5.74, 6) is 1.44. The lowest BCUT2D eigenvalue weighted by atomic mass is 9.97. The molecule has 0 spiro atoms. The van der Waals surface area contributed by atoms with Gasteiger partial charge in [-0.25, -0.2) is 0 Å². The van der Waals surface area contributed by atoms with Gasteiger partial charge in [0.2, 0.25) is 5.91 Å². The molecule has 1 unspecified atom stereocenters. The molecule has 1 aromatic heterocycles. The minimum Gasteiger partial charge on any atom is -0.381 e. The molecule has 1 amide bonds. The first-order valence-corrected chi connectivity index (χ1v) is 9.65. The van der Waals surface area contributed by atoms with Gasteiger partial charge in [-0.1, -0.05) is 18.2 Å². The highest BCUT2D eigenvalue weighted by Crippen LogP contribution is 2.27. The molecule has 1 aromatic carbocycles. The van der Waals surface area contributed by atoms with E-state index in [2.05, 4.69) is 27.2 Å². The van der Waals surface area contributed by atoms with Crippen LogP contribution in [0.2, 0.25) is 0 Å². The molecule has 0 bridgehead atoms. The first kappa shape index (κ1) is 17.2. The fourth-order valence-electron chi connectivity index (χ4n) is 4.13. The quantitative estimate of drug-likeness (QED) is 0.828. The van der Waals surface area contributed by atoms with Gasteiger partial charge in [0.25, 0.3) is 0 Å². The van der Waals surface area contributed by atoms with E-state index in [4.69, 9.17) is 4.74 Å². The Morgan fingerprint density at radius 2 is 1.96 bits per heavy atom. The average Bonchev–Trinajstić information content (AvgIpc) is 3.36. The number of carbonyl (C=O) groups excluding carboxylic acids is 1. The summed E-state index contributed by atoms with van der Waals surface area (Å²) in [4.78, 5) is 15.0. The van der Waals surface area contributed by atoms with Crippen LogP contribution in [-0.4, -0.2) is 51.4 Å². The molecule has 2 fully saturated rings. The molecule has 6 heteroatoms. The highest BCUT2D eigenvalue weighted by Gasteiger charge is 2.33. The molecule has 6 nitrogen and oxygen atoms in total. The summed E-state index contributed by atoms with van der Waals surface area (Å²) >= 11 is 0. The minimum absolute atomic E-state index is 0.150. The summed E-state index contributed by atoms with van der Waals surface area (Å²) in [7, 11) is 0. The van der Waals surface area contributed by atoms with Gasteiger partial charge in [0, 0.05) is 43.8 Å². The van der Waals surface area contributed by atoms with Crippen molar-refractivity contribution >= 4 is 5.91 Å². The summed E-state index contributed by atoms with van der Waals surface area (Å²) in [6.45, 7) is 2.33. The van der Waals surface area contributed by atoms with Gasteiger partial charge in [0.1, 0.15) is 12.2 Å². The van der Waals surface area contributed by atoms with E-state index < -0.39 is 0 Å². The second-order valence-electron chi connectivity index (χ2n) is 7.21. The zero-order chi connectivity index (χ0) is 17.8. The molecule has 2 aromatic rings. The molecule has 0 aliphatic carbocycles. The topological polar surface area (TPSA) is 60.2 Å². The van der Waals surface area contributed by atoms with E-state index in [1.54, 1.807) is 6.33 Å². The van der Waals surface area contributed by atoms with Crippen molar-refractivity contribution in [3.63, 3.8) is 0 Å². The first-order valence-electron chi connectivity index (χ1n) is 9.65. The molecule has 1 atom stereocenters. The lowest BCUT2D eigenvalue weighted by molar-refractivity contribution is -0.139. The Hall–Kier alpha value is -2.21. The summed E-state index contributed by atoms with van der Waals surface area (Å²) in [6, 6.07) is 10.5. The third-order valence-electron chi connectivity index (χ3n) is 5.58. The molecular weight excluding hydrogens is 328 g/mol. The number of para-hydroxylation sites is 1. The van der Waals surface area contributed by atoms with E-state index >= 15 is 0 Å². The average molecular weight is 354 g/mol. The number of rotatable bonds is 5. The maximum atomic E-state index is 12.9. The molecule has 26 heavy (non-hydrogen) atoms. The highest BCUT2D eigenvalue weighted by atomic mass is 16.5. The van der Waals surface area contributed by atoms with E-state index in [9.17, 15) is 4.79 Å². The van der Waals surface area contributed by atoms with Crippen LogP contribution in [0, 0.1) is 5.92 Å². The Bertz CT molecular complexity index is 724. The number of aromatic nitrogens is 3. The predicted molar refractivity (Wildman–Crippen MR) is 98.0 cm³/mol. The van der Waals surface area contributed by atoms with Crippen LogP contribution in [0.25, 0.3) is 5.69 Å². The van der Waals surface area contributed by atoms with Gasteiger partial charge in [0.15, 0.2) is 0 Å². The largest absolute Gasteiger partial charge is 0.381 e. The van der Waals surface area contributed by atoms with Crippen LogP contribution in [0.4, 0.5) is 0 Å². The van der Waals surface area contributed by atoms with Gasteiger partial charge in [0.05, 0.1) is 0 Å². The summed E-state index contributed by atoms with van der Waals surface area (Å²) in [5.41, 5.74) is 1.08. The third-order valence-corrected chi connectivity index (χ3v) is 5.58. The second-order valence-corrected chi connectivity index (χ2v) is 7.21. The number of hydrogen-bond donors (Lipinski definition) is 0. The van der Waals surface area contributed by atoms with Crippen molar-refractivity contribution in [3.8, 4) is 5.69 Å². The number of hydrogen-bond acceptors (Lipinski definition) is 4. The van der Waals surface area contributed by atoms with Gasteiger partial charge in [-0.15, -0.1) is 10.2 Å². The van der Waals surface area contributed by atoms with Crippen LogP contribution >= 0.6 is 0 Å². The van der Waals surface area contributed by atoms with Crippen molar-refractivity contribution in [2.24, 2.45) is 5.92 Å². The van der Waals surface area contributed by atoms with Crippen molar-refractivity contribution in [1.82, 2.24) is 19.7 Å². The predicted octanol–water partition coefficient (Wildman–Crippen LogP) is 2.62. The SMILES string of the molecule is O=C(C1CCOCC1)N1CCCC1CCc1nncn1-c1ccccc1. The summed E-state index contributed by atoms with van der Waals surface area (Å²) in [6.07, 6.45) is 7.47. The van der Waals surface area contributed by atoms with Gasteiger partial charge < -0.3 is 9.64 Å². The van der Waals surface area contributed by atoms with Crippen LogP contribution in [-0.2, 0) is 16.0 Å². The molecule has 4 rings (SSSR count). The first-order chi connectivity index (χ1) is 12.8. The van der Waals surface area contributed by atoms with Crippen LogP contribution in [0.5, 0.6) is 0 Å². The molecule has 138 valence electrons. The number of carbonyl (C=O) groups is 1. The van der Waals surface area contributed by atoms with Gasteiger partial charge in [-0.3, -0.25) is 9.36 Å². The summed E-state index contributed by atoms with van der Waals surface area (Å²) in [5, 5.41) is 8.40. The maximum Gasteiger partial charge on any atom is 0.226 e. The normalized spacial score (nSPS) is 21.2. The van der Waals surface area contributed by atoms with Crippen LogP contribution < -0.4 is 0 Å². The molecule has 0 N–H and O–H groups in total. The molecule has 0 radical (unpaired) electrons. The fraction of sp³-hybridized carbons (Fsp3) is 0.550. The molecule has 0 saturated carbocycles. The van der Waals surface area contributed by atoms with E-state index in [0.29, 0.717) is 11.9 Å². The molecule has 3 heterocycles. The monoisotopic (exact) mass is 354 g/mol. The van der Waals surface area contributed by atoms with Crippen molar-refractivity contribution in [2.75, 3.05) is 19.8 Å². The molecule has 2 aliphatic rings. The molecule has 2 aliphatic heterocycles. The van der Waals surface area contributed by atoms with E-state index in [1.165, 1.54) is 0 Å². The fourth-order valence-corrected chi connectivity index (χ4v) is 4.13. The number of likely N-dealkylation sites (tertiary alicyclic amines) is 1. The Morgan fingerprint density at radius 1 is 1.15 bits per heavy atom. The van der Waals surface area contributed by atoms with Crippen LogP contribution in [0.1, 0.15) is 37.9 Å². The van der Waals surface area contributed by atoms with E-state index in [-0.39, 0.29) is 5.92 Å². The Labute approximate surface area is 154 Å². The lowest BCUT2D eigenvalue weighted by Crippen LogP contribution is -2.41. The van der Waals surface area contributed by atoms with Crippen molar-refractivity contribution < 1.29 is 9.53 Å². The summed E-state index contributed by atoms with van der Waals surface area (Å²) < 4.78 is 7.44. The van der Waals surface area contributed by atoms with Crippen LogP contribution in [0.15, 0.2) is 36.7 Å². The van der Waals surface area contributed by atoms with Crippen molar-refractivity contribution in [1.29, 1.82) is 0 Å². The van der Waals surface area contributed by atoms with Crippen LogP contribution in [0.3, 0.4) is 0 Å². The number of ether oxygens (including phenoxy) is 1. The second kappa shape index (κ2) is 7.99. The Morgan fingerprint density at radius 3 is 2.77 bits per heavy atom. The van der Waals surface area contributed by atoms with Gasteiger partial charge >= 0.3 is 0 Å². The smallest absolute Gasteiger partial charge is 0.226 e. The maximum absolute atomic E-state index is 12.9. The number of amides is 1. The van der Waals surface area contributed by atoms with Crippen molar-refractivity contribution in [2.45, 2.75) is 44.6 Å². The number of nitrogens with zero attached hydrogens (tertiary/aromatic N) is 4. The minimum atomic E-state index is 0.150. The standard InChI is InChI=1S/C20H26N4O2/c25-20(16-10-13-26-14-11-16)23-12-4-7-18(23)8-9-19-22-21-15-24(19)17-5-2-1-3-6-17/h1-3,5-6,15-16,18H,4,7-14H2. The lowest BCUT2D eigenvalue weighted by Gasteiger charge is -2.30. The zero-order valence-corrected chi connectivity index (χ0v) is 15.1. The number of benzene rings is 1. The van der Waals surface area contributed by atoms with Gasteiger partial charge in [-0.2, -0.15) is 0 Å². The van der Waals surface area contributed by atoms with Crippen molar-refractivity contribution in [3.05, 3.63) is 42.5 Å². The Balaban J connectivity index is 1.40. The van der Waals surface area contributed by atoms with E-state index in [0.717, 1.165) is 69.8 Å². The highest BCUT2D eigenvalue weighted by molar-refractivity contribution is 5.79. The number of aryl methyl sites for hydroxylation is 1. The molecular formula is C20H26N4O2. The van der Waals surface area contributed by atoms with E-state index in [1.807, 2.05) is 22.8 Å². The Kier molecular flexibility index (Phi) is 5.29. The third kappa shape index (κ3) is 3.65. The van der Waals surface area contributed by atoms with Gasteiger partial charge in [-0.05, 0) is 44.2 Å². The molecule has 2 saturated heterocycles. The zero-order valence-electron chi connectivity index (χ0n) is 15.1.